The molecule has 0 fully saturated rings. The Bertz CT molecular complexity index is 467. The number of aromatic nitrogens is 2. The molecule has 0 N–H and O–H groups in total. The lowest BCUT2D eigenvalue weighted by Gasteiger charge is -1.91. The number of halogens is 1. The minimum atomic E-state index is 0.378. The molecule has 2 heterocycles. The standard InChI is InChI=1S/C8H4ClN3/c9-7-2-1-3-12-5-6(4-10)11-8(7)12/h1-3,5H. The summed E-state index contributed by atoms with van der Waals surface area (Å²) >= 11 is 5.83. The Morgan fingerprint density at radius 1 is 1.58 bits per heavy atom. The first-order chi connectivity index (χ1) is 5.81. The fraction of sp³-hybridized carbons (Fsp3) is 0. The summed E-state index contributed by atoms with van der Waals surface area (Å²) in [4.78, 5) is 4.00. The number of rotatable bonds is 0. The van der Waals surface area contributed by atoms with Gasteiger partial charge in [0, 0.05) is 12.4 Å². The van der Waals surface area contributed by atoms with Crippen molar-refractivity contribution in [3.63, 3.8) is 0 Å². The second-order valence-electron chi connectivity index (χ2n) is 2.32. The van der Waals surface area contributed by atoms with Crippen LogP contribution in [0.3, 0.4) is 0 Å². The first-order valence-corrected chi connectivity index (χ1v) is 3.72. The third-order valence-corrected chi connectivity index (χ3v) is 1.84. The smallest absolute Gasteiger partial charge is 0.159 e. The van der Waals surface area contributed by atoms with E-state index in [2.05, 4.69) is 4.98 Å². The van der Waals surface area contributed by atoms with Crippen LogP contribution in [-0.4, -0.2) is 9.38 Å². The molecule has 2 aromatic rings. The van der Waals surface area contributed by atoms with E-state index < -0.39 is 0 Å². The minimum Gasteiger partial charge on any atom is -0.304 e. The van der Waals surface area contributed by atoms with Crippen molar-refractivity contribution in [3.05, 3.63) is 35.2 Å². The van der Waals surface area contributed by atoms with Gasteiger partial charge in [-0.2, -0.15) is 5.26 Å². The first-order valence-electron chi connectivity index (χ1n) is 3.34. The Labute approximate surface area is 73.8 Å². The molecule has 0 saturated heterocycles. The van der Waals surface area contributed by atoms with Crippen LogP contribution in [0.1, 0.15) is 5.69 Å². The van der Waals surface area contributed by atoms with Crippen LogP contribution in [0.15, 0.2) is 24.5 Å². The zero-order valence-corrected chi connectivity index (χ0v) is 6.78. The molecule has 0 saturated carbocycles. The normalized spacial score (nSPS) is 10.0. The Morgan fingerprint density at radius 3 is 3.08 bits per heavy atom. The van der Waals surface area contributed by atoms with E-state index in [0.717, 1.165) is 0 Å². The number of imidazole rings is 1. The molecule has 0 aliphatic carbocycles. The first kappa shape index (κ1) is 7.14. The number of pyridine rings is 1. The molecule has 0 atom stereocenters. The maximum absolute atomic E-state index is 8.56. The number of hydrogen-bond acceptors (Lipinski definition) is 2. The van der Waals surface area contributed by atoms with Crippen molar-refractivity contribution in [3.8, 4) is 6.07 Å². The van der Waals surface area contributed by atoms with Gasteiger partial charge in [0.25, 0.3) is 0 Å². The van der Waals surface area contributed by atoms with E-state index in [-0.39, 0.29) is 0 Å². The molecule has 12 heavy (non-hydrogen) atoms. The average molecular weight is 178 g/mol. The van der Waals surface area contributed by atoms with E-state index >= 15 is 0 Å². The van der Waals surface area contributed by atoms with Gasteiger partial charge in [-0.3, -0.25) is 0 Å². The summed E-state index contributed by atoms with van der Waals surface area (Å²) in [7, 11) is 0. The highest BCUT2D eigenvalue weighted by Gasteiger charge is 2.02. The van der Waals surface area contributed by atoms with Crippen LogP contribution in [0.5, 0.6) is 0 Å². The number of hydrogen-bond donors (Lipinski definition) is 0. The van der Waals surface area contributed by atoms with Gasteiger partial charge in [0.05, 0.1) is 5.02 Å². The third-order valence-electron chi connectivity index (χ3n) is 1.55. The summed E-state index contributed by atoms with van der Waals surface area (Å²) in [5, 5.41) is 9.12. The maximum atomic E-state index is 8.56. The molecule has 0 aromatic carbocycles. The molecule has 58 valence electrons. The Morgan fingerprint density at radius 2 is 2.42 bits per heavy atom. The quantitative estimate of drug-likeness (QED) is 0.616. The van der Waals surface area contributed by atoms with Gasteiger partial charge in [-0.25, -0.2) is 4.98 Å². The van der Waals surface area contributed by atoms with Gasteiger partial charge in [-0.1, -0.05) is 11.6 Å². The molecule has 0 radical (unpaired) electrons. The van der Waals surface area contributed by atoms with E-state index in [9.17, 15) is 0 Å². The van der Waals surface area contributed by atoms with Crippen molar-refractivity contribution in [2.24, 2.45) is 0 Å². The van der Waals surface area contributed by atoms with Crippen LogP contribution in [0, 0.1) is 11.3 Å². The molecular weight excluding hydrogens is 174 g/mol. The molecule has 0 amide bonds. The highest BCUT2D eigenvalue weighted by Crippen LogP contribution is 2.15. The van der Waals surface area contributed by atoms with Gasteiger partial charge >= 0.3 is 0 Å². The van der Waals surface area contributed by atoms with E-state index in [4.69, 9.17) is 16.9 Å². The number of nitriles is 1. The monoisotopic (exact) mass is 177 g/mol. The number of nitrogens with zero attached hydrogens (tertiary/aromatic N) is 3. The average Bonchev–Trinajstić information content (AvgIpc) is 2.49. The van der Waals surface area contributed by atoms with Crippen molar-refractivity contribution >= 4 is 17.2 Å². The van der Waals surface area contributed by atoms with Crippen LogP contribution < -0.4 is 0 Å². The number of fused-ring (bicyclic) bond motifs is 1. The highest BCUT2D eigenvalue weighted by molar-refractivity contribution is 6.33. The lowest BCUT2D eigenvalue weighted by molar-refractivity contribution is 1.19. The topological polar surface area (TPSA) is 41.1 Å². The van der Waals surface area contributed by atoms with Crippen LogP contribution in [-0.2, 0) is 0 Å². The fourth-order valence-corrected chi connectivity index (χ4v) is 1.25. The highest BCUT2D eigenvalue weighted by atomic mass is 35.5. The molecule has 2 rings (SSSR count). The van der Waals surface area contributed by atoms with Crippen molar-refractivity contribution in [2.75, 3.05) is 0 Å². The summed E-state index contributed by atoms with van der Waals surface area (Å²) in [6.45, 7) is 0. The lowest BCUT2D eigenvalue weighted by Crippen LogP contribution is -1.80. The second-order valence-corrected chi connectivity index (χ2v) is 2.73. The van der Waals surface area contributed by atoms with Gasteiger partial charge in [-0.05, 0) is 12.1 Å². The summed E-state index contributed by atoms with van der Waals surface area (Å²) < 4.78 is 1.72. The summed E-state index contributed by atoms with van der Waals surface area (Å²) in [6.07, 6.45) is 3.44. The van der Waals surface area contributed by atoms with Gasteiger partial charge in [0.2, 0.25) is 0 Å². The predicted octanol–water partition coefficient (Wildman–Crippen LogP) is 1.86. The summed E-state index contributed by atoms with van der Waals surface area (Å²) in [5.41, 5.74) is 0.999. The molecule has 0 aliphatic rings. The Hall–Kier alpha value is -1.53. The zero-order chi connectivity index (χ0) is 8.55. The minimum absolute atomic E-state index is 0.378. The summed E-state index contributed by atoms with van der Waals surface area (Å²) in [6, 6.07) is 5.50. The molecular formula is C8H4ClN3. The second kappa shape index (κ2) is 2.50. The van der Waals surface area contributed by atoms with Crippen molar-refractivity contribution in [1.29, 1.82) is 5.26 Å². The van der Waals surface area contributed by atoms with Gasteiger partial charge in [0.1, 0.15) is 6.07 Å². The molecule has 0 bridgehead atoms. The van der Waals surface area contributed by atoms with Crippen molar-refractivity contribution in [1.82, 2.24) is 9.38 Å². The summed E-state index contributed by atoms with van der Waals surface area (Å²) in [5.74, 6) is 0. The molecule has 0 aliphatic heterocycles. The molecule has 3 nitrogen and oxygen atoms in total. The van der Waals surface area contributed by atoms with E-state index in [1.165, 1.54) is 0 Å². The predicted molar refractivity (Wildman–Crippen MR) is 44.9 cm³/mol. The zero-order valence-electron chi connectivity index (χ0n) is 6.03. The van der Waals surface area contributed by atoms with Crippen LogP contribution in [0.4, 0.5) is 0 Å². The van der Waals surface area contributed by atoms with Crippen molar-refractivity contribution in [2.45, 2.75) is 0 Å². The molecule has 0 unspecified atom stereocenters. The van der Waals surface area contributed by atoms with E-state index in [1.807, 2.05) is 6.07 Å². The van der Waals surface area contributed by atoms with Crippen LogP contribution in [0.25, 0.3) is 5.65 Å². The van der Waals surface area contributed by atoms with Crippen molar-refractivity contribution < 1.29 is 0 Å². The third kappa shape index (κ3) is 0.936. The maximum Gasteiger partial charge on any atom is 0.159 e. The van der Waals surface area contributed by atoms with Crippen LogP contribution >= 0.6 is 11.6 Å². The van der Waals surface area contributed by atoms with E-state index in [1.54, 1.807) is 28.9 Å². The van der Waals surface area contributed by atoms with Gasteiger partial charge < -0.3 is 4.40 Å². The Balaban J connectivity index is 2.85. The SMILES string of the molecule is N#Cc1cn2cccc(Cl)c2n1. The van der Waals surface area contributed by atoms with Gasteiger partial charge in [-0.15, -0.1) is 0 Å². The lowest BCUT2D eigenvalue weighted by atomic mass is 10.5. The molecule has 0 spiro atoms. The van der Waals surface area contributed by atoms with Gasteiger partial charge in [0.15, 0.2) is 11.3 Å². The molecule has 2 aromatic heterocycles. The van der Waals surface area contributed by atoms with E-state index in [0.29, 0.717) is 16.4 Å². The Kier molecular flexibility index (Phi) is 1.49. The fourth-order valence-electron chi connectivity index (χ4n) is 1.03. The largest absolute Gasteiger partial charge is 0.304 e. The van der Waals surface area contributed by atoms with Crippen LogP contribution in [0.2, 0.25) is 5.02 Å². The molecule has 4 heteroatoms.